The van der Waals surface area contributed by atoms with Gasteiger partial charge in [0.1, 0.15) is 0 Å². The van der Waals surface area contributed by atoms with Crippen LogP contribution in [0.2, 0.25) is 0 Å². The second-order valence-corrected chi connectivity index (χ2v) is 10.4. The SMILES string of the molecule is CC1CCC(C2CCC(/C=C/C3CCC(c4ccc(F)c(F)c4)CC3)CC2)CC1. The van der Waals surface area contributed by atoms with E-state index in [0.717, 1.165) is 42.1 Å². The smallest absolute Gasteiger partial charge is 0.159 e. The van der Waals surface area contributed by atoms with Crippen LogP contribution in [-0.2, 0) is 0 Å². The lowest BCUT2D eigenvalue weighted by atomic mass is 9.69. The molecule has 160 valence electrons. The van der Waals surface area contributed by atoms with Gasteiger partial charge in [-0.1, -0.05) is 38.0 Å². The van der Waals surface area contributed by atoms with Crippen LogP contribution < -0.4 is 0 Å². The number of hydrogen-bond acceptors (Lipinski definition) is 0. The Bertz CT molecular complexity index is 670. The first-order chi connectivity index (χ1) is 14.1. The Hall–Kier alpha value is -1.18. The van der Waals surface area contributed by atoms with Crippen molar-refractivity contribution < 1.29 is 8.78 Å². The molecule has 0 heterocycles. The molecule has 0 N–H and O–H groups in total. The van der Waals surface area contributed by atoms with Crippen molar-refractivity contribution in [2.75, 3.05) is 0 Å². The summed E-state index contributed by atoms with van der Waals surface area (Å²) in [5.41, 5.74) is 0.974. The first kappa shape index (κ1) is 21.1. The number of rotatable bonds is 4. The molecule has 0 spiro atoms. The maximum atomic E-state index is 13.5. The summed E-state index contributed by atoms with van der Waals surface area (Å²) in [5, 5.41) is 0. The van der Waals surface area contributed by atoms with E-state index >= 15 is 0 Å². The lowest BCUT2D eigenvalue weighted by Crippen LogP contribution is -2.24. The van der Waals surface area contributed by atoms with Crippen molar-refractivity contribution in [1.82, 2.24) is 0 Å². The van der Waals surface area contributed by atoms with Crippen LogP contribution in [0, 0.1) is 41.2 Å². The normalized spacial score (nSPS) is 36.4. The predicted octanol–water partition coefficient (Wildman–Crippen LogP) is 8.43. The molecule has 0 saturated heterocycles. The molecule has 3 aliphatic carbocycles. The zero-order chi connectivity index (χ0) is 20.2. The molecule has 0 atom stereocenters. The number of halogens is 2. The Kier molecular flexibility index (Phi) is 7.08. The summed E-state index contributed by atoms with van der Waals surface area (Å²) in [4.78, 5) is 0. The first-order valence-electron chi connectivity index (χ1n) is 12.2. The lowest BCUT2D eigenvalue weighted by molar-refractivity contribution is 0.160. The molecule has 2 heteroatoms. The summed E-state index contributed by atoms with van der Waals surface area (Å²) >= 11 is 0. The molecule has 4 rings (SSSR count). The molecule has 0 unspecified atom stereocenters. The van der Waals surface area contributed by atoms with Gasteiger partial charge in [0, 0.05) is 0 Å². The van der Waals surface area contributed by atoms with Crippen LogP contribution in [0.1, 0.15) is 95.5 Å². The van der Waals surface area contributed by atoms with Gasteiger partial charge in [-0.3, -0.25) is 0 Å². The molecular formula is C27H38F2. The van der Waals surface area contributed by atoms with Gasteiger partial charge >= 0.3 is 0 Å². The Balaban J connectivity index is 1.19. The lowest BCUT2D eigenvalue weighted by Gasteiger charge is -2.36. The number of allylic oxidation sites excluding steroid dienone is 2. The second-order valence-electron chi connectivity index (χ2n) is 10.4. The molecule has 29 heavy (non-hydrogen) atoms. The zero-order valence-electron chi connectivity index (χ0n) is 18.1. The van der Waals surface area contributed by atoms with Crippen molar-refractivity contribution in [2.45, 2.75) is 89.9 Å². The fraction of sp³-hybridized carbons (Fsp3) is 0.704. The van der Waals surface area contributed by atoms with E-state index in [0.29, 0.717) is 11.8 Å². The second kappa shape index (κ2) is 9.75. The standard InChI is InChI=1S/C27H38F2/c1-19-2-10-22(11-3-19)23-12-6-20(7-13-23)4-5-21-8-14-24(15-9-21)25-16-17-26(28)27(29)18-25/h4-5,16-24H,2-3,6-15H2,1H3/b5-4+. The predicted molar refractivity (Wildman–Crippen MR) is 117 cm³/mol. The van der Waals surface area contributed by atoms with Crippen LogP contribution in [0.25, 0.3) is 0 Å². The summed E-state index contributed by atoms with van der Waals surface area (Å²) in [6.45, 7) is 2.42. The summed E-state index contributed by atoms with van der Waals surface area (Å²) in [6, 6.07) is 4.45. The third kappa shape index (κ3) is 5.50. The Labute approximate surface area is 176 Å². The van der Waals surface area contributed by atoms with Crippen LogP contribution in [-0.4, -0.2) is 0 Å². The molecule has 3 fully saturated rings. The molecule has 0 aliphatic heterocycles. The molecule has 3 aliphatic rings. The van der Waals surface area contributed by atoms with E-state index in [1.54, 1.807) is 6.07 Å². The maximum Gasteiger partial charge on any atom is 0.159 e. The van der Waals surface area contributed by atoms with Crippen LogP contribution in [0.15, 0.2) is 30.4 Å². The fourth-order valence-electron chi connectivity index (χ4n) is 6.29. The van der Waals surface area contributed by atoms with Crippen LogP contribution in [0.4, 0.5) is 8.78 Å². The third-order valence-corrected chi connectivity index (χ3v) is 8.39. The van der Waals surface area contributed by atoms with Crippen molar-refractivity contribution >= 4 is 0 Å². The van der Waals surface area contributed by atoms with Gasteiger partial charge in [-0.05, 0) is 117 Å². The Morgan fingerprint density at radius 3 is 1.72 bits per heavy atom. The van der Waals surface area contributed by atoms with Gasteiger partial charge in [0.05, 0.1) is 0 Å². The summed E-state index contributed by atoms with van der Waals surface area (Å²) in [7, 11) is 0. The van der Waals surface area contributed by atoms with E-state index in [2.05, 4.69) is 19.1 Å². The highest BCUT2D eigenvalue weighted by Crippen LogP contribution is 2.42. The van der Waals surface area contributed by atoms with E-state index in [4.69, 9.17) is 0 Å². The molecule has 3 saturated carbocycles. The van der Waals surface area contributed by atoms with Crippen molar-refractivity contribution in [3.63, 3.8) is 0 Å². The van der Waals surface area contributed by atoms with E-state index in [1.165, 1.54) is 76.3 Å². The monoisotopic (exact) mass is 400 g/mol. The molecular weight excluding hydrogens is 362 g/mol. The van der Waals surface area contributed by atoms with Gasteiger partial charge in [-0.2, -0.15) is 0 Å². The van der Waals surface area contributed by atoms with Crippen molar-refractivity contribution in [2.24, 2.45) is 29.6 Å². The van der Waals surface area contributed by atoms with E-state index in [-0.39, 0.29) is 0 Å². The first-order valence-corrected chi connectivity index (χ1v) is 12.2. The summed E-state index contributed by atoms with van der Waals surface area (Å²) in [6.07, 6.45) is 21.1. The highest BCUT2D eigenvalue weighted by molar-refractivity contribution is 5.22. The average Bonchev–Trinajstić information content (AvgIpc) is 2.76. The van der Waals surface area contributed by atoms with Gasteiger partial charge in [-0.15, -0.1) is 0 Å². The quantitative estimate of drug-likeness (QED) is 0.445. The highest BCUT2D eigenvalue weighted by atomic mass is 19.2. The topological polar surface area (TPSA) is 0 Å². The zero-order valence-corrected chi connectivity index (χ0v) is 18.1. The van der Waals surface area contributed by atoms with Gasteiger partial charge in [0.25, 0.3) is 0 Å². The average molecular weight is 401 g/mol. The summed E-state index contributed by atoms with van der Waals surface area (Å²) in [5.74, 6) is 3.39. The maximum absolute atomic E-state index is 13.5. The Morgan fingerprint density at radius 1 is 0.655 bits per heavy atom. The van der Waals surface area contributed by atoms with Gasteiger partial charge in [0.15, 0.2) is 11.6 Å². The van der Waals surface area contributed by atoms with Gasteiger partial charge < -0.3 is 0 Å². The van der Waals surface area contributed by atoms with Crippen LogP contribution in [0.5, 0.6) is 0 Å². The highest BCUT2D eigenvalue weighted by Gasteiger charge is 2.29. The largest absolute Gasteiger partial charge is 0.204 e. The minimum atomic E-state index is -0.738. The molecule has 0 nitrogen and oxygen atoms in total. The van der Waals surface area contributed by atoms with Crippen molar-refractivity contribution in [3.05, 3.63) is 47.5 Å². The molecule has 1 aromatic carbocycles. The van der Waals surface area contributed by atoms with Crippen molar-refractivity contribution in [1.29, 1.82) is 0 Å². The molecule has 0 bridgehead atoms. The minimum absolute atomic E-state index is 0.392. The van der Waals surface area contributed by atoms with Crippen LogP contribution in [0.3, 0.4) is 0 Å². The van der Waals surface area contributed by atoms with E-state index in [1.807, 2.05) is 0 Å². The minimum Gasteiger partial charge on any atom is -0.204 e. The van der Waals surface area contributed by atoms with E-state index in [9.17, 15) is 8.78 Å². The molecule has 0 amide bonds. The fourth-order valence-corrected chi connectivity index (χ4v) is 6.29. The molecule has 0 aromatic heterocycles. The summed E-state index contributed by atoms with van der Waals surface area (Å²) < 4.78 is 26.7. The Morgan fingerprint density at radius 2 is 1.17 bits per heavy atom. The third-order valence-electron chi connectivity index (χ3n) is 8.39. The van der Waals surface area contributed by atoms with Gasteiger partial charge in [-0.25, -0.2) is 8.78 Å². The van der Waals surface area contributed by atoms with Crippen LogP contribution >= 0.6 is 0 Å². The number of benzene rings is 1. The molecule has 0 radical (unpaired) electrons. The van der Waals surface area contributed by atoms with Crippen molar-refractivity contribution in [3.8, 4) is 0 Å². The molecule has 1 aromatic rings. The van der Waals surface area contributed by atoms with Gasteiger partial charge in [0.2, 0.25) is 0 Å². The number of hydrogen-bond donors (Lipinski definition) is 0. The van der Waals surface area contributed by atoms with E-state index < -0.39 is 11.6 Å².